The molecule has 1 aromatic rings. The van der Waals surface area contributed by atoms with Gasteiger partial charge in [-0.2, -0.15) is 0 Å². The zero-order valence-corrected chi connectivity index (χ0v) is 17.3. The molecular weight excluding hydrogens is 374 g/mol. The van der Waals surface area contributed by atoms with Crippen molar-refractivity contribution in [3.8, 4) is 0 Å². The highest BCUT2D eigenvalue weighted by atomic mass is 35.5. The lowest BCUT2D eigenvalue weighted by atomic mass is 9.93. The highest BCUT2D eigenvalue weighted by molar-refractivity contribution is 5.85. The second kappa shape index (κ2) is 9.75. The Morgan fingerprint density at radius 1 is 1.00 bits per heavy atom. The number of rotatable bonds is 5. The van der Waals surface area contributed by atoms with Crippen molar-refractivity contribution in [2.75, 3.05) is 19.6 Å². The lowest BCUT2D eigenvalue weighted by molar-refractivity contribution is -0.142. The van der Waals surface area contributed by atoms with Gasteiger partial charge in [-0.3, -0.25) is 9.59 Å². The van der Waals surface area contributed by atoms with Gasteiger partial charge in [0.2, 0.25) is 11.8 Å². The summed E-state index contributed by atoms with van der Waals surface area (Å²) in [4.78, 5) is 29.9. The molecule has 2 saturated heterocycles. The van der Waals surface area contributed by atoms with Crippen LogP contribution in [-0.4, -0.2) is 53.3 Å². The van der Waals surface area contributed by atoms with Crippen LogP contribution < -0.4 is 5.32 Å². The van der Waals surface area contributed by atoms with E-state index in [9.17, 15) is 9.59 Å². The predicted octanol–water partition coefficient (Wildman–Crippen LogP) is 2.98. The van der Waals surface area contributed by atoms with Crippen molar-refractivity contribution in [3.63, 3.8) is 0 Å². The third-order valence-corrected chi connectivity index (χ3v) is 6.23. The molecule has 1 aromatic carbocycles. The van der Waals surface area contributed by atoms with Gasteiger partial charge >= 0.3 is 0 Å². The van der Waals surface area contributed by atoms with Gasteiger partial charge in [0, 0.05) is 31.6 Å². The maximum atomic E-state index is 13.2. The average molecular weight is 406 g/mol. The molecule has 28 heavy (non-hydrogen) atoms. The Morgan fingerprint density at radius 3 is 2.32 bits per heavy atom. The number of piperidine rings is 2. The number of nitrogens with one attached hydrogen (secondary N) is 1. The molecule has 1 saturated carbocycles. The minimum atomic E-state index is -0.00737. The van der Waals surface area contributed by atoms with E-state index in [-0.39, 0.29) is 30.3 Å². The minimum absolute atomic E-state index is 0. The first kappa shape index (κ1) is 21.1. The van der Waals surface area contributed by atoms with E-state index >= 15 is 0 Å². The maximum Gasteiger partial charge on any atom is 0.239 e. The van der Waals surface area contributed by atoms with Crippen LogP contribution in [0.5, 0.6) is 0 Å². The number of carbonyl (C=O) groups is 2. The number of benzene rings is 1. The Kier molecular flexibility index (Phi) is 7.36. The van der Waals surface area contributed by atoms with Crippen molar-refractivity contribution >= 4 is 24.2 Å². The van der Waals surface area contributed by atoms with Crippen LogP contribution in [0.4, 0.5) is 0 Å². The molecule has 0 aromatic heterocycles. The predicted molar refractivity (Wildman–Crippen MR) is 112 cm³/mol. The molecule has 0 bridgehead atoms. The van der Waals surface area contributed by atoms with Gasteiger partial charge in [-0.1, -0.05) is 36.8 Å². The van der Waals surface area contributed by atoms with E-state index in [1.54, 1.807) is 0 Å². The van der Waals surface area contributed by atoms with Crippen LogP contribution in [-0.2, 0) is 16.1 Å². The Bertz CT molecular complexity index is 651. The van der Waals surface area contributed by atoms with Crippen LogP contribution in [0.25, 0.3) is 0 Å². The fraction of sp³-hybridized carbons (Fsp3) is 0.636. The maximum absolute atomic E-state index is 13.2. The summed E-state index contributed by atoms with van der Waals surface area (Å²) in [7, 11) is 0. The third kappa shape index (κ3) is 5.06. The van der Waals surface area contributed by atoms with E-state index in [0.717, 1.165) is 64.7 Å². The molecule has 3 fully saturated rings. The fourth-order valence-corrected chi connectivity index (χ4v) is 4.42. The van der Waals surface area contributed by atoms with E-state index in [2.05, 4.69) is 22.3 Å². The highest BCUT2D eigenvalue weighted by Crippen LogP contribution is 2.32. The zero-order chi connectivity index (χ0) is 18.6. The van der Waals surface area contributed by atoms with E-state index in [1.165, 1.54) is 12.0 Å². The van der Waals surface area contributed by atoms with E-state index in [0.29, 0.717) is 11.9 Å². The molecule has 154 valence electrons. The third-order valence-electron chi connectivity index (χ3n) is 6.23. The summed E-state index contributed by atoms with van der Waals surface area (Å²) in [5.41, 5.74) is 1.20. The SMILES string of the molecule is Cl.O=C(C1CCCCN1)N1CCC(C(=O)N(Cc2ccccc2)C2CC2)CC1. The van der Waals surface area contributed by atoms with E-state index < -0.39 is 0 Å². The number of carbonyl (C=O) groups excluding carboxylic acids is 2. The number of nitrogens with zero attached hydrogens (tertiary/aromatic N) is 2. The molecule has 0 spiro atoms. The molecule has 4 rings (SSSR count). The topological polar surface area (TPSA) is 52.7 Å². The Hall–Kier alpha value is -1.59. The van der Waals surface area contributed by atoms with Gasteiger partial charge in [-0.25, -0.2) is 0 Å². The lowest BCUT2D eigenvalue weighted by Gasteiger charge is -2.36. The van der Waals surface area contributed by atoms with Crippen LogP contribution in [0.1, 0.15) is 50.5 Å². The van der Waals surface area contributed by atoms with Gasteiger partial charge in [0.15, 0.2) is 0 Å². The summed E-state index contributed by atoms with van der Waals surface area (Å²) >= 11 is 0. The molecule has 3 aliphatic rings. The monoisotopic (exact) mass is 405 g/mol. The van der Waals surface area contributed by atoms with Crippen LogP contribution in [0.15, 0.2) is 30.3 Å². The molecular formula is C22H32ClN3O2. The van der Waals surface area contributed by atoms with Crippen LogP contribution >= 0.6 is 12.4 Å². The summed E-state index contributed by atoms with van der Waals surface area (Å²) in [6, 6.07) is 10.7. The second-order valence-corrected chi connectivity index (χ2v) is 8.28. The second-order valence-electron chi connectivity index (χ2n) is 8.28. The summed E-state index contributed by atoms with van der Waals surface area (Å²) in [6.07, 6.45) is 7.11. The van der Waals surface area contributed by atoms with Crippen molar-refractivity contribution in [3.05, 3.63) is 35.9 Å². The minimum Gasteiger partial charge on any atom is -0.341 e. The van der Waals surface area contributed by atoms with Crippen LogP contribution in [0.2, 0.25) is 0 Å². The first-order chi connectivity index (χ1) is 13.2. The Labute approximate surface area is 174 Å². The normalized spacial score (nSPS) is 23.0. The van der Waals surface area contributed by atoms with Crippen LogP contribution in [0.3, 0.4) is 0 Å². The lowest BCUT2D eigenvalue weighted by Crippen LogP contribution is -2.52. The summed E-state index contributed by atoms with van der Waals surface area (Å²) < 4.78 is 0. The molecule has 6 heteroatoms. The van der Waals surface area contributed by atoms with Crippen LogP contribution in [0, 0.1) is 5.92 Å². The van der Waals surface area contributed by atoms with E-state index in [1.807, 2.05) is 23.1 Å². The first-order valence-electron chi connectivity index (χ1n) is 10.6. The molecule has 1 unspecified atom stereocenters. The smallest absolute Gasteiger partial charge is 0.239 e. The summed E-state index contributed by atoms with van der Waals surface area (Å²) in [6.45, 7) is 3.10. The summed E-state index contributed by atoms with van der Waals surface area (Å²) in [5, 5.41) is 3.35. The van der Waals surface area contributed by atoms with Crippen molar-refractivity contribution in [1.82, 2.24) is 15.1 Å². The van der Waals surface area contributed by atoms with Gasteiger partial charge in [0.05, 0.1) is 6.04 Å². The molecule has 1 N–H and O–H groups in total. The highest BCUT2D eigenvalue weighted by Gasteiger charge is 2.38. The number of likely N-dealkylation sites (tertiary alicyclic amines) is 1. The molecule has 1 aliphatic carbocycles. The molecule has 2 aliphatic heterocycles. The zero-order valence-electron chi connectivity index (χ0n) is 16.5. The fourth-order valence-electron chi connectivity index (χ4n) is 4.42. The largest absolute Gasteiger partial charge is 0.341 e. The number of hydrogen-bond donors (Lipinski definition) is 1. The van der Waals surface area contributed by atoms with Gasteiger partial charge in [0.25, 0.3) is 0 Å². The van der Waals surface area contributed by atoms with Gasteiger partial charge in [-0.05, 0) is 50.6 Å². The summed E-state index contributed by atoms with van der Waals surface area (Å²) in [5.74, 6) is 0.603. The van der Waals surface area contributed by atoms with Crippen molar-refractivity contribution in [1.29, 1.82) is 0 Å². The first-order valence-corrected chi connectivity index (χ1v) is 10.6. The number of amides is 2. The van der Waals surface area contributed by atoms with Gasteiger partial charge in [0.1, 0.15) is 0 Å². The van der Waals surface area contributed by atoms with Crippen molar-refractivity contribution < 1.29 is 9.59 Å². The molecule has 5 nitrogen and oxygen atoms in total. The molecule has 1 atom stereocenters. The quantitative estimate of drug-likeness (QED) is 0.819. The number of halogens is 1. The Balaban J connectivity index is 0.00000225. The standard InChI is InChI=1S/C22H31N3O2.ClH/c26-21(25(19-9-10-19)16-17-6-2-1-3-7-17)18-11-14-24(15-12-18)22(27)20-8-4-5-13-23-20;/h1-3,6-7,18-20,23H,4-5,8-16H2;1H. The van der Waals surface area contributed by atoms with Crippen molar-refractivity contribution in [2.24, 2.45) is 5.92 Å². The van der Waals surface area contributed by atoms with Gasteiger partial charge in [-0.15, -0.1) is 12.4 Å². The van der Waals surface area contributed by atoms with Crippen molar-refractivity contribution in [2.45, 2.75) is 63.6 Å². The average Bonchev–Trinajstić information content (AvgIpc) is 3.58. The molecule has 2 heterocycles. The Morgan fingerprint density at radius 2 is 1.71 bits per heavy atom. The van der Waals surface area contributed by atoms with Gasteiger partial charge < -0.3 is 15.1 Å². The number of hydrogen-bond acceptors (Lipinski definition) is 3. The molecule has 2 amide bonds. The van der Waals surface area contributed by atoms with E-state index in [4.69, 9.17) is 0 Å². The molecule has 0 radical (unpaired) electrons.